The molecule has 2 aliphatic heterocycles. The molecule has 6 atom stereocenters. The van der Waals surface area contributed by atoms with Crippen LogP contribution in [0.4, 0.5) is 0 Å². The lowest BCUT2D eigenvalue weighted by atomic mass is 9.84. The van der Waals surface area contributed by atoms with Crippen molar-refractivity contribution < 1.29 is 23.7 Å². The summed E-state index contributed by atoms with van der Waals surface area (Å²) in [4.78, 5) is 0. The predicted molar refractivity (Wildman–Crippen MR) is 147 cm³/mol. The molecule has 0 amide bonds. The minimum Gasteiger partial charge on any atom is -0.488 e. The van der Waals surface area contributed by atoms with Gasteiger partial charge in [0.2, 0.25) is 0 Å². The molecule has 0 saturated carbocycles. The van der Waals surface area contributed by atoms with Gasteiger partial charge >= 0.3 is 0 Å². The van der Waals surface area contributed by atoms with Gasteiger partial charge in [-0.1, -0.05) is 61.9 Å². The van der Waals surface area contributed by atoms with Gasteiger partial charge in [-0.25, -0.2) is 0 Å². The van der Waals surface area contributed by atoms with E-state index in [9.17, 15) is 0 Å². The second kappa shape index (κ2) is 13.6. The van der Waals surface area contributed by atoms with Gasteiger partial charge in [0.25, 0.3) is 0 Å². The summed E-state index contributed by atoms with van der Waals surface area (Å²) in [5.41, 5.74) is 3.23. The van der Waals surface area contributed by atoms with Crippen LogP contribution in [0.1, 0.15) is 49.5 Å². The highest BCUT2D eigenvalue weighted by atomic mass is 35.5. The van der Waals surface area contributed by atoms with Crippen molar-refractivity contribution in [2.24, 2.45) is 5.92 Å². The largest absolute Gasteiger partial charge is 0.488 e. The normalized spacial score (nSPS) is 27.6. The zero-order chi connectivity index (χ0) is 26.2. The quantitative estimate of drug-likeness (QED) is 0.287. The average Bonchev–Trinajstić information content (AvgIpc) is 3.42. The topological polar surface area (TPSA) is 46.2 Å². The third kappa shape index (κ3) is 7.04. The van der Waals surface area contributed by atoms with E-state index < -0.39 is 0 Å². The maximum atomic E-state index is 6.67. The third-order valence-electron chi connectivity index (χ3n) is 7.17. The Morgan fingerprint density at radius 2 is 1.76 bits per heavy atom. The molecule has 2 fully saturated rings. The monoisotopic (exact) mass is 526 g/mol. The molecule has 2 heterocycles. The zero-order valence-electron chi connectivity index (χ0n) is 21.9. The van der Waals surface area contributed by atoms with E-state index in [1.807, 2.05) is 24.3 Å². The number of benzene rings is 2. The lowest BCUT2D eigenvalue weighted by molar-refractivity contribution is -0.223. The second-order valence-electron chi connectivity index (χ2n) is 9.81. The number of rotatable bonds is 12. The first-order valence-corrected chi connectivity index (χ1v) is 13.6. The van der Waals surface area contributed by atoms with Crippen LogP contribution in [-0.4, -0.2) is 50.8 Å². The molecule has 0 spiro atoms. The first kappa shape index (κ1) is 27.9. The highest BCUT2D eigenvalue weighted by Gasteiger charge is 2.45. The molecule has 0 unspecified atom stereocenters. The Morgan fingerprint density at radius 3 is 2.41 bits per heavy atom. The van der Waals surface area contributed by atoms with E-state index in [2.05, 4.69) is 45.2 Å². The molecule has 2 aromatic rings. The fourth-order valence-corrected chi connectivity index (χ4v) is 5.39. The van der Waals surface area contributed by atoms with Gasteiger partial charge in [-0.05, 0) is 47.7 Å². The summed E-state index contributed by atoms with van der Waals surface area (Å²) in [6.45, 7) is 14.3. The Labute approximate surface area is 226 Å². The summed E-state index contributed by atoms with van der Waals surface area (Å²) >= 11 is 6.67. The molecule has 4 rings (SSSR count). The second-order valence-corrected chi connectivity index (χ2v) is 10.2. The first-order chi connectivity index (χ1) is 18.0. The van der Waals surface area contributed by atoms with Gasteiger partial charge in [0.1, 0.15) is 24.1 Å². The van der Waals surface area contributed by atoms with Crippen LogP contribution in [0.25, 0.3) is 0 Å². The molecular weight excluding hydrogens is 488 g/mol. The van der Waals surface area contributed by atoms with E-state index in [0.29, 0.717) is 26.2 Å². The van der Waals surface area contributed by atoms with Crippen LogP contribution in [0.2, 0.25) is 5.02 Å². The molecule has 0 aromatic heterocycles. The standard InChI is InChI=1S/C31H39ClO5/c1-5-15-34-29-21(4)28(7-3)37-30(31(29)35-16-6-2)23-10-13-27(32)24(19-23)18-22-8-11-25(12-9-22)36-26-14-17-33-20-26/h5-6,8-13,19,21,26,28-31H,1-2,7,14-18,20H2,3-4H3/t21-,26+,28-,29+,30+,31-/m1/s1. The van der Waals surface area contributed by atoms with Crippen molar-refractivity contribution in [2.45, 2.75) is 63.6 Å². The van der Waals surface area contributed by atoms with E-state index in [-0.39, 0.29) is 36.4 Å². The van der Waals surface area contributed by atoms with Gasteiger partial charge < -0.3 is 23.7 Å². The zero-order valence-corrected chi connectivity index (χ0v) is 22.7. The molecule has 0 aliphatic carbocycles. The average molecular weight is 527 g/mol. The summed E-state index contributed by atoms with van der Waals surface area (Å²) in [5, 5.41) is 0.728. The van der Waals surface area contributed by atoms with Crippen molar-refractivity contribution in [1.29, 1.82) is 0 Å². The van der Waals surface area contributed by atoms with Crippen LogP contribution in [-0.2, 0) is 25.4 Å². The molecule has 6 heteroatoms. The molecular formula is C31H39ClO5. The Bertz CT molecular complexity index is 1020. The van der Waals surface area contributed by atoms with Crippen LogP contribution >= 0.6 is 11.6 Å². The number of ether oxygens (including phenoxy) is 5. The molecule has 37 heavy (non-hydrogen) atoms. The Morgan fingerprint density at radius 1 is 1.03 bits per heavy atom. The Balaban J connectivity index is 1.55. The van der Waals surface area contributed by atoms with E-state index in [1.54, 1.807) is 12.2 Å². The maximum absolute atomic E-state index is 6.67. The van der Waals surface area contributed by atoms with Gasteiger partial charge in [-0.3, -0.25) is 0 Å². The SMILES string of the molecule is C=CCO[C@@H]1[C@@H](OCC=C)[C@H](C)[C@@H](CC)O[C@H]1c1ccc(Cl)c(Cc2ccc(O[C@H]3CCOC3)cc2)c1. The van der Waals surface area contributed by atoms with E-state index in [0.717, 1.165) is 46.9 Å². The van der Waals surface area contributed by atoms with E-state index in [1.165, 1.54) is 0 Å². The molecule has 0 radical (unpaired) electrons. The molecule has 5 nitrogen and oxygen atoms in total. The predicted octanol–water partition coefficient (Wildman–Crippen LogP) is 6.73. The van der Waals surface area contributed by atoms with E-state index >= 15 is 0 Å². The van der Waals surface area contributed by atoms with Crippen LogP contribution in [0.5, 0.6) is 5.75 Å². The lowest BCUT2D eigenvalue weighted by Crippen LogP contribution is -2.52. The summed E-state index contributed by atoms with van der Waals surface area (Å²) in [6, 6.07) is 14.4. The van der Waals surface area contributed by atoms with Gasteiger partial charge in [0, 0.05) is 17.4 Å². The fraction of sp³-hybridized carbons (Fsp3) is 0.484. The van der Waals surface area contributed by atoms with Crippen molar-refractivity contribution in [3.8, 4) is 5.75 Å². The smallest absolute Gasteiger partial charge is 0.124 e. The number of hydrogen-bond acceptors (Lipinski definition) is 5. The van der Waals surface area contributed by atoms with Crippen LogP contribution in [0.15, 0.2) is 67.8 Å². The van der Waals surface area contributed by atoms with Gasteiger partial charge in [0.15, 0.2) is 0 Å². The van der Waals surface area contributed by atoms with Crippen molar-refractivity contribution in [3.05, 3.63) is 89.5 Å². The minimum absolute atomic E-state index is 0.0559. The summed E-state index contributed by atoms with van der Waals surface area (Å²) < 4.78 is 30.6. The van der Waals surface area contributed by atoms with Crippen LogP contribution in [0.3, 0.4) is 0 Å². The summed E-state index contributed by atoms with van der Waals surface area (Å²) in [6.07, 6.45) is 5.58. The Kier molecular flexibility index (Phi) is 10.2. The van der Waals surface area contributed by atoms with Gasteiger partial charge in [-0.15, -0.1) is 13.2 Å². The Hall–Kier alpha value is -2.15. The van der Waals surface area contributed by atoms with Crippen molar-refractivity contribution >= 4 is 11.6 Å². The van der Waals surface area contributed by atoms with E-state index in [4.69, 9.17) is 35.3 Å². The minimum atomic E-state index is -0.281. The van der Waals surface area contributed by atoms with Gasteiger partial charge in [0.05, 0.1) is 38.6 Å². The first-order valence-electron chi connectivity index (χ1n) is 13.3. The van der Waals surface area contributed by atoms with Crippen molar-refractivity contribution in [3.63, 3.8) is 0 Å². The molecule has 0 bridgehead atoms. The molecule has 200 valence electrons. The van der Waals surface area contributed by atoms with Crippen molar-refractivity contribution in [1.82, 2.24) is 0 Å². The molecule has 2 aliphatic rings. The highest BCUT2D eigenvalue weighted by molar-refractivity contribution is 6.31. The van der Waals surface area contributed by atoms with Crippen LogP contribution < -0.4 is 4.74 Å². The fourth-order valence-electron chi connectivity index (χ4n) is 5.21. The maximum Gasteiger partial charge on any atom is 0.124 e. The highest BCUT2D eigenvalue weighted by Crippen LogP contribution is 2.40. The molecule has 2 aromatic carbocycles. The number of hydrogen-bond donors (Lipinski definition) is 0. The lowest BCUT2D eigenvalue weighted by Gasteiger charge is -2.45. The summed E-state index contributed by atoms with van der Waals surface area (Å²) in [7, 11) is 0. The number of halogens is 1. The third-order valence-corrected chi connectivity index (χ3v) is 7.54. The van der Waals surface area contributed by atoms with Crippen molar-refractivity contribution in [2.75, 3.05) is 26.4 Å². The van der Waals surface area contributed by atoms with Crippen LogP contribution in [0, 0.1) is 5.92 Å². The van der Waals surface area contributed by atoms with Gasteiger partial charge in [-0.2, -0.15) is 0 Å². The summed E-state index contributed by atoms with van der Waals surface area (Å²) in [5.74, 6) is 1.04. The molecule has 0 N–H and O–H groups in total. The molecule has 2 saturated heterocycles.